The topological polar surface area (TPSA) is 71.3 Å². The summed E-state index contributed by atoms with van der Waals surface area (Å²) < 4.78 is 28.3. The number of sulfonamides is 1. The third-order valence-corrected chi connectivity index (χ3v) is 6.13. The lowest BCUT2D eigenvalue weighted by atomic mass is 10.1. The predicted molar refractivity (Wildman–Crippen MR) is 90.6 cm³/mol. The van der Waals surface area contributed by atoms with E-state index in [9.17, 15) is 8.42 Å². The standard InChI is InChI=1S/C16H23N5O2S/c1-19(10-14-4-3-6-17-8-14)11-15-5-7-21(12-15)24(22,23)16-9-18-20(2)13-16/h3-4,6,8-9,13,15H,5,7,10-12H2,1-2H3/t15-/m0/s1. The van der Waals surface area contributed by atoms with Gasteiger partial charge in [-0.15, -0.1) is 0 Å². The zero-order valence-electron chi connectivity index (χ0n) is 14.0. The van der Waals surface area contributed by atoms with E-state index in [4.69, 9.17) is 0 Å². The molecular formula is C16H23N5O2S. The van der Waals surface area contributed by atoms with E-state index in [0.717, 1.165) is 25.1 Å². The first kappa shape index (κ1) is 17.1. The molecule has 1 aliphatic heterocycles. The van der Waals surface area contributed by atoms with Crippen LogP contribution in [0.2, 0.25) is 0 Å². The van der Waals surface area contributed by atoms with Gasteiger partial charge in [0.2, 0.25) is 10.0 Å². The fourth-order valence-corrected chi connectivity index (χ4v) is 4.67. The van der Waals surface area contributed by atoms with Gasteiger partial charge in [0.25, 0.3) is 0 Å². The van der Waals surface area contributed by atoms with E-state index >= 15 is 0 Å². The van der Waals surface area contributed by atoms with Crippen LogP contribution in [0.4, 0.5) is 0 Å². The minimum absolute atomic E-state index is 0.273. The van der Waals surface area contributed by atoms with Gasteiger partial charge in [-0.2, -0.15) is 9.40 Å². The average Bonchev–Trinajstić information content (AvgIpc) is 3.18. The summed E-state index contributed by atoms with van der Waals surface area (Å²) in [7, 11) is 0.358. The zero-order chi connectivity index (χ0) is 17.2. The highest BCUT2D eigenvalue weighted by molar-refractivity contribution is 7.89. The van der Waals surface area contributed by atoms with Gasteiger partial charge in [-0.25, -0.2) is 8.42 Å². The second kappa shape index (κ2) is 7.00. The van der Waals surface area contributed by atoms with Crippen LogP contribution in [0, 0.1) is 5.92 Å². The lowest BCUT2D eigenvalue weighted by Gasteiger charge is -2.21. The molecule has 0 unspecified atom stereocenters. The summed E-state index contributed by atoms with van der Waals surface area (Å²) in [4.78, 5) is 6.62. The summed E-state index contributed by atoms with van der Waals surface area (Å²) in [6.45, 7) is 2.82. The number of hydrogen-bond donors (Lipinski definition) is 0. The highest BCUT2D eigenvalue weighted by Gasteiger charge is 2.33. The molecule has 2 aromatic rings. The fraction of sp³-hybridized carbons (Fsp3) is 0.500. The molecule has 0 saturated carbocycles. The Morgan fingerprint density at radius 3 is 2.88 bits per heavy atom. The highest BCUT2D eigenvalue weighted by atomic mass is 32.2. The smallest absolute Gasteiger partial charge is 0.246 e. The van der Waals surface area contributed by atoms with E-state index in [0.29, 0.717) is 19.0 Å². The second-order valence-electron chi connectivity index (χ2n) is 6.43. The third-order valence-electron chi connectivity index (χ3n) is 4.31. The van der Waals surface area contributed by atoms with Crippen LogP contribution in [-0.4, -0.2) is 59.1 Å². The molecule has 7 nitrogen and oxygen atoms in total. The summed E-state index contributed by atoms with van der Waals surface area (Å²) >= 11 is 0. The van der Waals surface area contributed by atoms with E-state index in [2.05, 4.69) is 28.1 Å². The maximum Gasteiger partial charge on any atom is 0.246 e. The molecule has 0 amide bonds. The van der Waals surface area contributed by atoms with Gasteiger partial charge >= 0.3 is 0 Å². The SMILES string of the molecule is CN(Cc1cccnc1)C[C@@H]1CCN(S(=O)(=O)c2cnn(C)c2)C1. The molecule has 0 aliphatic carbocycles. The van der Waals surface area contributed by atoms with Gasteiger partial charge in [0.1, 0.15) is 4.90 Å². The van der Waals surface area contributed by atoms with Crippen LogP contribution in [0.15, 0.2) is 41.8 Å². The Labute approximate surface area is 143 Å². The predicted octanol–water partition coefficient (Wildman–Crippen LogP) is 0.958. The van der Waals surface area contributed by atoms with Crippen LogP contribution < -0.4 is 0 Å². The van der Waals surface area contributed by atoms with Crippen molar-refractivity contribution in [3.8, 4) is 0 Å². The Balaban J connectivity index is 1.57. The first-order chi connectivity index (χ1) is 11.4. The van der Waals surface area contributed by atoms with Crippen LogP contribution in [0.3, 0.4) is 0 Å². The van der Waals surface area contributed by atoms with Gasteiger partial charge in [-0.3, -0.25) is 9.67 Å². The molecule has 0 aromatic carbocycles. The molecule has 2 aromatic heterocycles. The number of rotatable bonds is 6. The summed E-state index contributed by atoms with van der Waals surface area (Å²) in [6, 6.07) is 3.98. The van der Waals surface area contributed by atoms with Crippen molar-refractivity contribution >= 4 is 10.0 Å². The number of pyridine rings is 1. The average molecular weight is 349 g/mol. The lowest BCUT2D eigenvalue weighted by molar-refractivity contribution is 0.273. The highest BCUT2D eigenvalue weighted by Crippen LogP contribution is 2.24. The van der Waals surface area contributed by atoms with Crippen molar-refractivity contribution in [2.45, 2.75) is 17.9 Å². The third kappa shape index (κ3) is 3.82. The van der Waals surface area contributed by atoms with Crippen molar-refractivity contribution in [2.24, 2.45) is 13.0 Å². The lowest BCUT2D eigenvalue weighted by Crippen LogP contribution is -2.31. The first-order valence-electron chi connectivity index (χ1n) is 8.01. The molecule has 0 spiro atoms. The maximum atomic E-state index is 12.6. The Kier molecular flexibility index (Phi) is 4.98. The molecule has 0 bridgehead atoms. The molecule has 1 saturated heterocycles. The van der Waals surface area contributed by atoms with Gasteiger partial charge < -0.3 is 4.90 Å². The Morgan fingerprint density at radius 2 is 2.21 bits per heavy atom. The summed E-state index contributed by atoms with van der Waals surface area (Å²) in [6.07, 6.45) is 7.48. The van der Waals surface area contributed by atoms with Gasteiger partial charge in [-0.05, 0) is 31.0 Å². The molecule has 8 heteroatoms. The van der Waals surface area contributed by atoms with Gasteiger partial charge in [0.05, 0.1) is 6.20 Å². The van der Waals surface area contributed by atoms with Crippen LogP contribution in [0.1, 0.15) is 12.0 Å². The van der Waals surface area contributed by atoms with E-state index < -0.39 is 10.0 Å². The molecular weight excluding hydrogens is 326 g/mol. The normalized spacial score (nSPS) is 19.2. The zero-order valence-corrected chi connectivity index (χ0v) is 14.9. The second-order valence-corrected chi connectivity index (χ2v) is 8.36. The Bertz CT molecular complexity index is 775. The first-order valence-corrected chi connectivity index (χ1v) is 9.45. The van der Waals surface area contributed by atoms with Crippen LogP contribution in [0.5, 0.6) is 0 Å². The maximum absolute atomic E-state index is 12.6. The molecule has 0 N–H and O–H groups in total. The summed E-state index contributed by atoms with van der Waals surface area (Å²) in [5, 5.41) is 3.97. The van der Waals surface area contributed by atoms with E-state index in [1.807, 2.05) is 12.3 Å². The van der Waals surface area contributed by atoms with Crippen molar-refractivity contribution in [1.82, 2.24) is 24.0 Å². The van der Waals surface area contributed by atoms with Gasteiger partial charge in [0.15, 0.2) is 0 Å². The molecule has 0 radical (unpaired) electrons. The van der Waals surface area contributed by atoms with Gasteiger partial charge in [0, 0.05) is 51.8 Å². The van der Waals surface area contributed by atoms with Crippen molar-refractivity contribution in [2.75, 3.05) is 26.7 Å². The minimum Gasteiger partial charge on any atom is -0.302 e. The van der Waals surface area contributed by atoms with E-state index in [1.165, 1.54) is 10.9 Å². The Hall–Kier alpha value is -1.77. The molecule has 24 heavy (non-hydrogen) atoms. The number of aromatic nitrogens is 3. The number of nitrogens with zero attached hydrogens (tertiary/aromatic N) is 5. The quantitative estimate of drug-likeness (QED) is 0.777. The number of hydrogen-bond acceptors (Lipinski definition) is 5. The fourth-order valence-electron chi connectivity index (χ4n) is 3.15. The minimum atomic E-state index is -3.42. The van der Waals surface area contributed by atoms with E-state index in [1.54, 1.807) is 23.7 Å². The Morgan fingerprint density at radius 1 is 1.38 bits per heavy atom. The largest absolute Gasteiger partial charge is 0.302 e. The van der Waals surface area contributed by atoms with Crippen LogP contribution >= 0.6 is 0 Å². The monoisotopic (exact) mass is 349 g/mol. The molecule has 1 aliphatic rings. The molecule has 1 fully saturated rings. The molecule has 3 heterocycles. The van der Waals surface area contributed by atoms with Crippen molar-refractivity contribution in [3.05, 3.63) is 42.5 Å². The van der Waals surface area contributed by atoms with Crippen molar-refractivity contribution < 1.29 is 8.42 Å². The van der Waals surface area contributed by atoms with Crippen LogP contribution in [-0.2, 0) is 23.6 Å². The van der Waals surface area contributed by atoms with Crippen LogP contribution in [0.25, 0.3) is 0 Å². The molecule has 1 atom stereocenters. The molecule has 3 rings (SSSR count). The summed E-state index contributed by atoms with van der Waals surface area (Å²) in [5.74, 6) is 0.345. The summed E-state index contributed by atoms with van der Waals surface area (Å²) in [5.41, 5.74) is 1.16. The molecule has 130 valence electrons. The van der Waals surface area contributed by atoms with Gasteiger partial charge in [-0.1, -0.05) is 6.07 Å². The van der Waals surface area contributed by atoms with Crippen molar-refractivity contribution in [3.63, 3.8) is 0 Å². The number of aryl methyl sites for hydroxylation is 1. The van der Waals surface area contributed by atoms with E-state index in [-0.39, 0.29) is 4.90 Å². The van der Waals surface area contributed by atoms with Crippen molar-refractivity contribution in [1.29, 1.82) is 0 Å².